The van der Waals surface area contributed by atoms with E-state index in [-0.39, 0.29) is 5.69 Å². The maximum Gasteiger partial charge on any atom is 0.332 e. The molecule has 0 aromatic heterocycles. The molecule has 0 spiro atoms. The second kappa shape index (κ2) is 6.22. The number of nitro groups is 1. The molecule has 4 amide bonds. The minimum absolute atomic E-state index is 0.0704. The van der Waals surface area contributed by atoms with Gasteiger partial charge in [-0.3, -0.25) is 34.9 Å². The number of hydrazone groups is 1. The van der Waals surface area contributed by atoms with Gasteiger partial charge in [0, 0.05) is 32.4 Å². The molecule has 0 radical (unpaired) electrons. The number of anilines is 1. The SMILES string of the molecule is CN1C(=O)C(/C=N/Nc2ccc([N+](=O)[O-])cc2)C(=O)N(C)C1=O. The van der Waals surface area contributed by atoms with Gasteiger partial charge in [0.25, 0.3) is 5.69 Å². The molecule has 1 N–H and O–H groups in total. The Kier molecular flexibility index (Phi) is 4.35. The van der Waals surface area contributed by atoms with Gasteiger partial charge in [0.2, 0.25) is 11.8 Å². The molecule has 1 aliphatic rings. The summed E-state index contributed by atoms with van der Waals surface area (Å²) >= 11 is 0. The minimum atomic E-state index is -1.20. The number of non-ortho nitro benzene ring substituents is 1. The van der Waals surface area contributed by atoms with Gasteiger partial charge in [-0.1, -0.05) is 0 Å². The number of hydrogen-bond acceptors (Lipinski definition) is 7. The molecule has 0 bridgehead atoms. The van der Waals surface area contributed by atoms with E-state index in [1.165, 1.54) is 38.4 Å². The molecule has 10 nitrogen and oxygen atoms in total. The van der Waals surface area contributed by atoms with Crippen molar-refractivity contribution in [1.29, 1.82) is 0 Å². The molecule has 23 heavy (non-hydrogen) atoms. The Morgan fingerprint density at radius 2 is 1.65 bits per heavy atom. The highest BCUT2D eigenvalue weighted by Crippen LogP contribution is 2.16. The molecule has 0 unspecified atom stereocenters. The average molecular weight is 319 g/mol. The highest BCUT2D eigenvalue weighted by Gasteiger charge is 2.41. The molecule has 120 valence electrons. The van der Waals surface area contributed by atoms with Crippen LogP contribution in [0.15, 0.2) is 29.4 Å². The Hall–Kier alpha value is -3.30. The number of carbonyl (C=O) groups is 3. The van der Waals surface area contributed by atoms with E-state index in [9.17, 15) is 24.5 Å². The van der Waals surface area contributed by atoms with Crippen molar-refractivity contribution in [3.05, 3.63) is 34.4 Å². The Balaban J connectivity index is 2.07. The second-order valence-electron chi connectivity index (χ2n) is 4.75. The highest BCUT2D eigenvalue weighted by molar-refractivity contribution is 6.23. The van der Waals surface area contributed by atoms with Gasteiger partial charge in [-0.2, -0.15) is 5.10 Å². The molecule has 1 aromatic carbocycles. The largest absolute Gasteiger partial charge is 0.332 e. The van der Waals surface area contributed by atoms with Crippen LogP contribution in [0.1, 0.15) is 0 Å². The van der Waals surface area contributed by atoms with Gasteiger partial charge < -0.3 is 0 Å². The fraction of sp³-hybridized carbons (Fsp3) is 0.231. The van der Waals surface area contributed by atoms with E-state index < -0.39 is 28.7 Å². The van der Waals surface area contributed by atoms with Crippen LogP contribution in [0, 0.1) is 16.0 Å². The van der Waals surface area contributed by atoms with Gasteiger partial charge >= 0.3 is 6.03 Å². The molecule has 1 aliphatic heterocycles. The fourth-order valence-corrected chi connectivity index (χ4v) is 1.91. The van der Waals surface area contributed by atoms with Crippen LogP contribution in [0.4, 0.5) is 16.2 Å². The van der Waals surface area contributed by atoms with Crippen molar-refractivity contribution in [2.45, 2.75) is 0 Å². The van der Waals surface area contributed by atoms with Crippen molar-refractivity contribution < 1.29 is 19.3 Å². The van der Waals surface area contributed by atoms with E-state index in [1.807, 2.05) is 0 Å². The van der Waals surface area contributed by atoms with Crippen LogP contribution in [0.25, 0.3) is 0 Å². The first kappa shape index (κ1) is 16.1. The van der Waals surface area contributed by atoms with Crippen molar-refractivity contribution in [2.24, 2.45) is 11.0 Å². The lowest BCUT2D eigenvalue weighted by atomic mass is 10.1. The molecular weight excluding hydrogens is 306 g/mol. The number of nitrogens with one attached hydrogen (secondary N) is 1. The third kappa shape index (κ3) is 3.15. The summed E-state index contributed by atoms with van der Waals surface area (Å²) in [4.78, 5) is 47.1. The number of nitrogens with zero attached hydrogens (tertiary/aromatic N) is 4. The lowest BCUT2D eigenvalue weighted by Gasteiger charge is -2.31. The lowest BCUT2D eigenvalue weighted by molar-refractivity contribution is -0.384. The predicted molar refractivity (Wildman–Crippen MR) is 79.6 cm³/mol. The Morgan fingerprint density at radius 1 is 1.13 bits per heavy atom. The number of hydrogen-bond donors (Lipinski definition) is 1. The number of carbonyl (C=O) groups excluding carboxylic acids is 3. The van der Waals surface area contributed by atoms with Crippen LogP contribution in [-0.4, -0.2) is 52.9 Å². The number of barbiturate groups is 1. The van der Waals surface area contributed by atoms with Gasteiger partial charge in [0.05, 0.1) is 10.6 Å². The summed E-state index contributed by atoms with van der Waals surface area (Å²) < 4.78 is 0. The van der Waals surface area contributed by atoms with E-state index in [0.717, 1.165) is 16.0 Å². The molecule has 1 fully saturated rings. The van der Waals surface area contributed by atoms with Gasteiger partial charge in [-0.25, -0.2) is 4.79 Å². The zero-order chi connectivity index (χ0) is 17.1. The first-order valence-electron chi connectivity index (χ1n) is 6.45. The molecule has 10 heteroatoms. The third-order valence-electron chi connectivity index (χ3n) is 3.26. The summed E-state index contributed by atoms with van der Waals surface area (Å²) in [5.74, 6) is -2.55. The molecule has 0 aliphatic carbocycles. The number of nitro benzene ring substituents is 1. The Labute approximate surface area is 130 Å². The van der Waals surface area contributed by atoms with Crippen LogP contribution in [0.3, 0.4) is 0 Å². The van der Waals surface area contributed by atoms with E-state index in [2.05, 4.69) is 10.5 Å². The second-order valence-corrected chi connectivity index (χ2v) is 4.75. The van der Waals surface area contributed by atoms with E-state index in [4.69, 9.17) is 0 Å². The predicted octanol–water partition coefficient (Wildman–Crippen LogP) is 0.659. The van der Waals surface area contributed by atoms with Crippen molar-refractivity contribution in [1.82, 2.24) is 9.80 Å². The monoisotopic (exact) mass is 319 g/mol. The summed E-state index contributed by atoms with van der Waals surface area (Å²) in [6.07, 6.45) is 1.09. The molecule has 1 aromatic rings. The van der Waals surface area contributed by atoms with Crippen molar-refractivity contribution in [3.63, 3.8) is 0 Å². The molecule has 0 atom stereocenters. The molecule has 1 heterocycles. The summed E-state index contributed by atoms with van der Waals surface area (Å²) in [7, 11) is 2.55. The van der Waals surface area contributed by atoms with Crippen LogP contribution in [-0.2, 0) is 9.59 Å². The maximum absolute atomic E-state index is 11.9. The van der Waals surface area contributed by atoms with Crippen LogP contribution in [0.2, 0.25) is 0 Å². The zero-order valence-corrected chi connectivity index (χ0v) is 12.3. The standard InChI is InChI=1S/C13H13N5O5/c1-16-11(19)10(12(20)17(2)13(16)21)7-14-15-8-3-5-9(6-4-8)18(22)23/h3-7,10,15H,1-2H3/b14-7+. The van der Waals surface area contributed by atoms with E-state index in [0.29, 0.717) is 5.69 Å². The zero-order valence-electron chi connectivity index (χ0n) is 12.3. The average Bonchev–Trinajstić information content (AvgIpc) is 2.54. The summed E-state index contributed by atoms with van der Waals surface area (Å²) in [6, 6.07) is 4.74. The Bertz CT molecular complexity index is 675. The van der Waals surface area contributed by atoms with Crippen molar-refractivity contribution in [2.75, 3.05) is 19.5 Å². The minimum Gasteiger partial charge on any atom is -0.279 e. The smallest absolute Gasteiger partial charge is 0.279 e. The van der Waals surface area contributed by atoms with Gasteiger partial charge in [-0.05, 0) is 12.1 Å². The van der Waals surface area contributed by atoms with Crippen LogP contribution < -0.4 is 5.43 Å². The summed E-state index contributed by atoms with van der Waals surface area (Å²) in [5.41, 5.74) is 2.93. The summed E-state index contributed by atoms with van der Waals surface area (Å²) in [5, 5.41) is 14.3. The van der Waals surface area contributed by atoms with Gasteiger partial charge in [-0.15, -0.1) is 0 Å². The Morgan fingerprint density at radius 3 is 2.13 bits per heavy atom. The maximum atomic E-state index is 11.9. The van der Waals surface area contributed by atoms with Crippen LogP contribution in [0.5, 0.6) is 0 Å². The molecule has 0 saturated carbocycles. The lowest BCUT2D eigenvalue weighted by Crippen LogP contribution is -2.57. The summed E-state index contributed by atoms with van der Waals surface area (Å²) in [6.45, 7) is 0. The molecule has 1 saturated heterocycles. The van der Waals surface area contributed by atoms with Gasteiger partial charge in [0.1, 0.15) is 0 Å². The number of imide groups is 2. The topological polar surface area (TPSA) is 125 Å². The number of amides is 4. The van der Waals surface area contributed by atoms with Crippen LogP contribution >= 0.6 is 0 Å². The number of benzene rings is 1. The van der Waals surface area contributed by atoms with Gasteiger partial charge in [0.15, 0.2) is 5.92 Å². The highest BCUT2D eigenvalue weighted by atomic mass is 16.6. The molecular formula is C13H13N5O5. The molecule has 2 rings (SSSR count). The quantitative estimate of drug-likeness (QED) is 0.376. The fourth-order valence-electron chi connectivity index (χ4n) is 1.91. The first-order valence-corrected chi connectivity index (χ1v) is 6.45. The van der Waals surface area contributed by atoms with E-state index >= 15 is 0 Å². The van der Waals surface area contributed by atoms with Crippen molar-refractivity contribution >= 4 is 35.4 Å². The number of urea groups is 1. The van der Waals surface area contributed by atoms with Crippen molar-refractivity contribution in [3.8, 4) is 0 Å². The van der Waals surface area contributed by atoms with E-state index in [1.54, 1.807) is 0 Å². The number of rotatable bonds is 4. The normalized spacial score (nSPS) is 16.3. The first-order chi connectivity index (χ1) is 10.8. The third-order valence-corrected chi connectivity index (χ3v) is 3.26.